The summed E-state index contributed by atoms with van der Waals surface area (Å²) in [5.74, 6) is -0.170. The zero-order chi connectivity index (χ0) is 20.1. The minimum Gasteiger partial charge on any atom is -0.495 e. The van der Waals surface area contributed by atoms with Crippen molar-refractivity contribution in [3.8, 4) is 22.9 Å². The Morgan fingerprint density at radius 2 is 1.75 bits per heavy atom. The molecule has 0 aliphatic heterocycles. The van der Waals surface area contributed by atoms with E-state index in [1.54, 1.807) is 48.5 Å². The maximum absolute atomic E-state index is 12.9. The van der Waals surface area contributed by atoms with Gasteiger partial charge in [0.05, 0.1) is 29.4 Å². The van der Waals surface area contributed by atoms with E-state index in [2.05, 4.69) is 11.4 Å². The third-order valence-electron chi connectivity index (χ3n) is 4.15. The lowest BCUT2D eigenvalue weighted by molar-refractivity contribution is -0.384. The first-order valence-corrected chi connectivity index (χ1v) is 8.27. The molecule has 1 N–H and O–H groups in total. The Kier molecular flexibility index (Phi) is 5.33. The number of methoxy groups -OCH3 is 1. The van der Waals surface area contributed by atoms with Gasteiger partial charge in [-0.3, -0.25) is 14.9 Å². The van der Waals surface area contributed by atoms with Crippen LogP contribution in [0.25, 0.3) is 11.1 Å². The number of ether oxygens (including phenoxy) is 1. The molecule has 0 fully saturated rings. The number of hydrogen-bond acceptors (Lipinski definition) is 5. The molecule has 0 saturated carbocycles. The summed E-state index contributed by atoms with van der Waals surface area (Å²) in [4.78, 5) is 23.4. The molecule has 7 nitrogen and oxygen atoms in total. The lowest BCUT2D eigenvalue weighted by Crippen LogP contribution is -2.14. The fraction of sp³-hybridized carbons (Fsp3) is 0.0476. The molecule has 0 atom stereocenters. The van der Waals surface area contributed by atoms with Crippen molar-refractivity contribution in [2.24, 2.45) is 0 Å². The van der Waals surface area contributed by atoms with E-state index in [-0.39, 0.29) is 11.4 Å². The second-order valence-corrected chi connectivity index (χ2v) is 5.80. The zero-order valence-corrected chi connectivity index (χ0v) is 14.9. The van der Waals surface area contributed by atoms with Crippen molar-refractivity contribution in [1.29, 1.82) is 5.26 Å². The molecule has 3 aromatic rings. The predicted octanol–water partition coefficient (Wildman–Crippen LogP) is 4.39. The van der Waals surface area contributed by atoms with Crippen LogP contribution in [0, 0.1) is 21.4 Å². The first-order valence-electron chi connectivity index (χ1n) is 8.27. The summed E-state index contributed by atoms with van der Waals surface area (Å²) in [6, 6.07) is 19.9. The third-order valence-corrected chi connectivity index (χ3v) is 4.15. The van der Waals surface area contributed by atoms with Crippen LogP contribution in [0.2, 0.25) is 0 Å². The van der Waals surface area contributed by atoms with Crippen molar-refractivity contribution in [3.05, 3.63) is 88.0 Å². The van der Waals surface area contributed by atoms with E-state index in [1.165, 1.54) is 25.3 Å². The predicted molar refractivity (Wildman–Crippen MR) is 104 cm³/mol. The molecule has 3 aromatic carbocycles. The van der Waals surface area contributed by atoms with Gasteiger partial charge in [0.2, 0.25) is 0 Å². The first-order chi connectivity index (χ1) is 13.5. The van der Waals surface area contributed by atoms with Crippen molar-refractivity contribution in [1.82, 2.24) is 0 Å². The fourth-order valence-corrected chi connectivity index (χ4v) is 2.83. The second kappa shape index (κ2) is 8.01. The van der Waals surface area contributed by atoms with Gasteiger partial charge >= 0.3 is 0 Å². The number of amides is 1. The highest BCUT2D eigenvalue weighted by molar-refractivity contribution is 6.09. The van der Waals surface area contributed by atoms with Crippen LogP contribution < -0.4 is 10.1 Å². The van der Waals surface area contributed by atoms with Crippen molar-refractivity contribution in [3.63, 3.8) is 0 Å². The van der Waals surface area contributed by atoms with Crippen LogP contribution >= 0.6 is 0 Å². The quantitative estimate of drug-likeness (QED) is 0.527. The molecule has 0 aliphatic rings. The Morgan fingerprint density at radius 1 is 1.07 bits per heavy atom. The molecule has 0 aliphatic carbocycles. The monoisotopic (exact) mass is 373 g/mol. The summed E-state index contributed by atoms with van der Waals surface area (Å²) < 4.78 is 5.19. The van der Waals surface area contributed by atoms with Gasteiger partial charge in [0.15, 0.2) is 0 Å². The largest absolute Gasteiger partial charge is 0.495 e. The number of carbonyl (C=O) groups excluding carboxylic acids is 1. The molecule has 0 radical (unpaired) electrons. The molecular formula is C21H15N3O4. The third kappa shape index (κ3) is 3.66. The maximum Gasteiger partial charge on any atom is 0.271 e. The molecule has 0 heterocycles. The standard InChI is InChI=1S/C21H15N3O4/c1-28-20-11-10-15(24(26)27)12-19(20)23-21(25)18-9-5-4-8-17(18)16-7-3-2-6-14(16)13-22/h2-12H,1H3,(H,23,25). The summed E-state index contributed by atoms with van der Waals surface area (Å²) >= 11 is 0. The van der Waals surface area contributed by atoms with Gasteiger partial charge in [0.1, 0.15) is 5.75 Å². The van der Waals surface area contributed by atoms with Gasteiger partial charge in [0.25, 0.3) is 11.6 Å². The molecule has 0 saturated heterocycles. The summed E-state index contributed by atoms with van der Waals surface area (Å²) in [6.45, 7) is 0. The van der Waals surface area contributed by atoms with Crippen LogP contribution in [0.5, 0.6) is 5.75 Å². The molecule has 28 heavy (non-hydrogen) atoms. The van der Waals surface area contributed by atoms with Crippen molar-refractivity contribution in [2.75, 3.05) is 12.4 Å². The lowest BCUT2D eigenvalue weighted by atomic mass is 9.95. The number of nitro groups is 1. The number of rotatable bonds is 5. The molecular weight excluding hydrogens is 358 g/mol. The van der Waals surface area contributed by atoms with Crippen molar-refractivity contribution < 1.29 is 14.5 Å². The van der Waals surface area contributed by atoms with Gasteiger partial charge in [-0.2, -0.15) is 5.26 Å². The number of non-ortho nitro benzene ring substituents is 1. The van der Waals surface area contributed by atoms with Gasteiger partial charge in [-0.15, -0.1) is 0 Å². The fourth-order valence-electron chi connectivity index (χ4n) is 2.83. The molecule has 0 unspecified atom stereocenters. The maximum atomic E-state index is 12.9. The van der Waals surface area contributed by atoms with Gasteiger partial charge < -0.3 is 10.1 Å². The lowest BCUT2D eigenvalue weighted by Gasteiger charge is -2.13. The van der Waals surface area contributed by atoms with Crippen LogP contribution in [-0.2, 0) is 0 Å². The van der Waals surface area contributed by atoms with E-state index in [0.29, 0.717) is 28.0 Å². The van der Waals surface area contributed by atoms with Crippen LogP contribution in [0.4, 0.5) is 11.4 Å². The minimum absolute atomic E-state index is 0.167. The van der Waals surface area contributed by atoms with Gasteiger partial charge in [-0.25, -0.2) is 0 Å². The number of nitro benzene ring substituents is 1. The normalized spacial score (nSPS) is 10.0. The van der Waals surface area contributed by atoms with Crippen molar-refractivity contribution >= 4 is 17.3 Å². The average Bonchev–Trinajstić information content (AvgIpc) is 2.73. The number of anilines is 1. The van der Waals surface area contributed by atoms with Gasteiger partial charge in [-0.1, -0.05) is 36.4 Å². The molecule has 3 rings (SSSR count). The second-order valence-electron chi connectivity index (χ2n) is 5.80. The Balaban J connectivity index is 2.03. The number of nitrogens with zero attached hydrogens (tertiary/aromatic N) is 2. The van der Waals surface area contributed by atoms with Crippen LogP contribution in [0.3, 0.4) is 0 Å². The van der Waals surface area contributed by atoms with E-state index in [4.69, 9.17) is 4.74 Å². The first kappa shape index (κ1) is 18.6. The van der Waals surface area contributed by atoms with E-state index in [1.807, 2.05) is 0 Å². The molecule has 0 spiro atoms. The van der Waals surface area contributed by atoms with Gasteiger partial charge in [0, 0.05) is 23.3 Å². The summed E-state index contributed by atoms with van der Waals surface area (Å²) in [5.41, 5.74) is 2.00. The SMILES string of the molecule is COc1ccc([N+](=O)[O-])cc1NC(=O)c1ccccc1-c1ccccc1C#N. The van der Waals surface area contributed by atoms with E-state index < -0.39 is 10.8 Å². The molecule has 0 bridgehead atoms. The topological polar surface area (TPSA) is 105 Å². The molecule has 7 heteroatoms. The van der Waals surface area contributed by atoms with Gasteiger partial charge in [-0.05, 0) is 23.8 Å². The molecule has 0 aromatic heterocycles. The summed E-state index contributed by atoms with van der Waals surface area (Å²) in [5, 5.41) is 23.1. The molecule has 1 amide bonds. The Hall–Kier alpha value is -4.18. The Bertz CT molecular complexity index is 1100. The van der Waals surface area contributed by atoms with Crippen molar-refractivity contribution in [2.45, 2.75) is 0 Å². The number of hydrogen-bond donors (Lipinski definition) is 1. The highest BCUT2D eigenvalue weighted by atomic mass is 16.6. The van der Waals surface area contributed by atoms with Crippen LogP contribution in [0.15, 0.2) is 66.7 Å². The Labute approximate surface area is 161 Å². The number of nitrogens with one attached hydrogen (secondary N) is 1. The summed E-state index contributed by atoms with van der Waals surface area (Å²) in [7, 11) is 1.41. The average molecular weight is 373 g/mol. The highest BCUT2D eigenvalue weighted by Gasteiger charge is 2.18. The number of carbonyl (C=O) groups is 1. The minimum atomic E-state index is -0.549. The highest BCUT2D eigenvalue weighted by Crippen LogP contribution is 2.31. The van der Waals surface area contributed by atoms with E-state index in [9.17, 15) is 20.2 Å². The van der Waals surface area contributed by atoms with Crippen LogP contribution in [0.1, 0.15) is 15.9 Å². The Morgan fingerprint density at radius 3 is 2.43 bits per heavy atom. The van der Waals surface area contributed by atoms with E-state index >= 15 is 0 Å². The number of nitriles is 1. The molecule has 138 valence electrons. The summed E-state index contributed by atoms with van der Waals surface area (Å²) in [6.07, 6.45) is 0. The number of benzene rings is 3. The van der Waals surface area contributed by atoms with Crippen LogP contribution in [-0.4, -0.2) is 17.9 Å². The zero-order valence-electron chi connectivity index (χ0n) is 14.9. The smallest absolute Gasteiger partial charge is 0.271 e. The van der Waals surface area contributed by atoms with E-state index in [0.717, 1.165) is 0 Å².